The van der Waals surface area contributed by atoms with Crippen molar-refractivity contribution in [1.29, 1.82) is 0 Å². The molecule has 0 aliphatic heterocycles. The van der Waals surface area contributed by atoms with Gasteiger partial charge in [-0.2, -0.15) is 13.2 Å². The first-order valence-corrected chi connectivity index (χ1v) is 14.3. The van der Waals surface area contributed by atoms with E-state index >= 15 is 0 Å². The van der Waals surface area contributed by atoms with E-state index in [0.717, 1.165) is 51.4 Å². The number of carbonyl (C=O) groups excluding carboxylic acids is 1. The maximum atomic E-state index is 14.4. The summed E-state index contributed by atoms with van der Waals surface area (Å²) in [5.41, 5.74) is 0.855. The minimum absolute atomic E-state index is 0.000550. The highest BCUT2D eigenvalue weighted by Crippen LogP contribution is 2.68. The van der Waals surface area contributed by atoms with Crippen molar-refractivity contribution in [3.8, 4) is 5.75 Å². The Hall–Kier alpha value is -1.56. The molecule has 1 aromatic rings. The normalized spacial score (nSPS) is 39.3. The Morgan fingerprint density at radius 1 is 0.973 bits per heavy atom. The molecule has 0 heterocycles. The lowest BCUT2D eigenvalue weighted by Gasteiger charge is -2.60. The highest BCUT2D eigenvalue weighted by Gasteiger charge is 2.62. The Bertz CT molecular complexity index is 975. The van der Waals surface area contributed by atoms with Crippen molar-refractivity contribution in [1.82, 2.24) is 0 Å². The third kappa shape index (κ3) is 4.74. The lowest BCUT2D eigenvalue weighted by molar-refractivity contribution is -0.247. The first kappa shape index (κ1) is 27.0. The third-order valence-electron chi connectivity index (χ3n) is 11.6. The SMILES string of the molecule is COc1ccc(COC([C@@H](C)[C@H]2CC[C@H]3[C@@H]4CC[C@@H]5CC(=O)CC[C@]5(C)[C@H]4CC[C@]23C)C(F)(F)F)cc1. The van der Waals surface area contributed by atoms with Gasteiger partial charge in [0.1, 0.15) is 11.5 Å². The molecule has 0 radical (unpaired) electrons. The maximum Gasteiger partial charge on any atom is 0.414 e. The fraction of sp³-hybridized carbons (Fsp3) is 0.774. The lowest BCUT2D eigenvalue weighted by atomic mass is 9.44. The van der Waals surface area contributed by atoms with Gasteiger partial charge < -0.3 is 9.47 Å². The van der Waals surface area contributed by atoms with Gasteiger partial charge in [-0.1, -0.05) is 32.9 Å². The number of methoxy groups -OCH3 is 1. The number of carbonyl (C=O) groups is 1. The summed E-state index contributed by atoms with van der Waals surface area (Å²) in [4.78, 5) is 12.2. The molecule has 0 aromatic heterocycles. The second-order valence-corrected chi connectivity index (χ2v) is 13.1. The zero-order chi connectivity index (χ0) is 26.6. The molecule has 0 saturated heterocycles. The van der Waals surface area contributed by atoms with Crippen molar-refractivity contribution in [3.05, 3.63) is 29.8 Å². The Morgan fingerprint density at radius 2 is 1.68 bits per heavy atom. The number of halogens is 3. The van der Waals surface area contributed by atoms with Crippen LogP contribution in [-0.4, -0.2) is 25.2 Å². The number of rotatable bonds is 6. The summed E-state index contributed by atoms with van der Waals surface area (Å²) >= 11 is 0. The van der Waals surface area contributed by atoms with Crippen LogP contribution < -0.4 is 4.74 Å². The Morgan fingerprint density at radius 3 is 2.35 bits per heavy atom. The van der Waals surface area contributed by atoms with Crippen LogP contribution in [0.5, 0.6) is 5.75 Å². The summed E-state index contributed by atoms with van der Waals surface area (Å²) in [6.07, 6.45) is 2.45. The molecule has 0 amide bonds. The fourth-order valence-corrected chi connectivity index (χ4v) is 9.61. The number of benzene rings is 1. The van der Waals surface area contributed by atoms with Gasteiger partial charge in [0.15, 0.2) is 6.10 Å². The van der Waals surface area contributed by atoms with Crippen LogP contribution in [-0.2, 0) is 16.1 Å². The van der Waals surface area contributed by atoms with Crippen LogP contribution in [0.15, 0.2) is 24.3 Å². The van der Waals surface area contributed by atoms with Gasteiger partial charge in [-0.3, -0.25) is 4.79 Å². The van der Waals surface area contributed by atoms with Crippen LogP contribution in [0.1, 0.15) is 84.1 Å². The molecular weight excluding hydrogens is 477 g/mol. The number of ketones is 1. The number of hydrogen-bond donors (Lipinski definition) is 0. The van der Waals surface area contributed by atoms with Crippen molar-refractivity contribution >= 4 is 5.78 Å². The van der Waals surface area contributed by atoms with E-state index in [1.165, 1.54) is 0 Å². The van der Waals surface area contributed by atoms with Gasteiger partial charge in [0.05, 0.1) is 13.7 Å². The van der Waals surface area contributed by atoms with Crippen LogP contribution >= 0.6 is 0 Å². The molecule has 4 aliphatic rings. The van der Waals surface area contributed by atoms with Crippen LogP contribution in [0, 0.1) is 46.3 Å². The Kier molecular flexibility index (Phi) is 7.21. The first-order valence-electron chi connectivity index (χ1n) is 14.3. The topological polar surface area (TPSA) is 35.5 Å². The summed E-state index contributed by atoms with van der Waals surface area (Å²) in [6, 6.07) is 7.04. The van der Waals surface area contributed by atoms with Crippen molar-refractivity contribution in [2.24, 2.45) is 46.3 Å². The fourth-order valence-electron chi connectivity index (χ4n) is 9.61. The number of fused-ring (bicyclic) bond motifs is 5. The van der Waals surface area contributed by atoms with Crippen LogP contribution in [0.3, 0.4) is 0 Å². The molecule has 4 saturated carbocycles. The summed E-state index contributed by atoms with van der Waals surface area (Å²) in [6.45, 7) is 6.43. The third-order valence-corrected chi connectivity index (χ3v) is 11.6. The summed E-state index contributed by atoms with van der Waals surface area (Å²) < 4.78 is 53.9. The van der Waals surface area contributed by atoms with Crippen LogP contribution in [0.25, 0.3) is 0 Å². The Balaban J connectivity index is 1.32. The van der Waals surface area contributed by atoms with Gasteiger partial charge in [0, 0.05) is 12.8 Å². The molecule has 3 nitrogen and oxygen atoms in total. The zero-order valence-electron chi connectivity index (χ0n) is 22.8. The molecule has 0 N–H and O–H groups in total. The minimum atomic E-state index is -4.41. The molecule has 6 heteroatoms. The molecule has 5 rings (SSSR count). The number of alkyl halides is 3. The molecule has 4 fully saturated rings. The maximum absolute atomic E-state index is 14.4. The van der Waals surface area contributed by atoms with E-state index in [1.807, 2.05) is 0 Å². The largest absolute Gasteiger partial charge is 0.497 e. The molecule has 0 spiro atoms. The quantitative estimate of drug-likeness (QED) is 0.381. The molecule has 1 aromatic carbocycles. The average molecular weight is 521 g/mol. The van der Waals surface area contributed by atoms with Crippen molar-refractivity contribution < 1.29 is 27.4 Å². The molecular formula is C31H43F3O3. The molecule has 37 heavy (non-hydrogen) atoms. The van der Waals surface area contributed by atoms with E-state index in [1.54, 1.807) is 38.3 Å². The minimum Gasteiger partial charge on any atom is -0.497 e. The molecule has 9 atom stereocenters. The van der Waals surface area contributed by atoms with E-state index in [4.69, 9.17) is 9.47 Å². The Labute approximate surface area is 219 Å². The lowest BCUT2D eigenvalue weighted by Crippen LogP contribution is -2.54. The van der Waals surface area contributed by atoms with Gasteiger partial charge in [-0.25, -0.2) is 0 Å². The zero-order valence-corrected chi connectivity index (χ0v) is 22.8. The number of ether oxygens (including phenoxy) is 2. The van der Waals surface area contributed by atoms with Crippen LogP contribution in [0.2, 0.25) is 0 Å². The van der Waals surface area contributed by atoms with Gasteiger partial charge in [0.25, 0.3) is 0 Å². The van der Waals surface area contributed by atoms with Gasteiger partial charge in [0.2, 0.25) is 0 Å². The predicted octanol–water partition coefficient (Wildman–Crippen LogP) is 8.01. The van der Waals surface area contributed by atoms with Crippen molar-refractivity contribution in [2.75, 3.05) is 7.11 Å². The number of hydrogen-bond acceptors (Lipinski definition) is 3. The van der Waals surface area contributed by atoms with Crippen LogP contribution in [0.4, 0.5) is 13.2 Å². The van der Waals surface area contributed by atoms with Crippen molar-refractivity contribution in [3.63, 3.8) is 0 Å². The van der Waals surface area contributed by atoms with E-state index in [0.29, 0.717) is 47.2 Å². The second kappa shape index (κ2) is 9.88. The van der Waals surface area contributed by atoms with Gasteiger partial charge in [-0.15, -0.1) is 0 Å². The van der Waals surface area contributed by atoms with E-state index in [9.17, 15) is 18.0 Å². The van der Waals surface area contributed by atoms with Gasteiger partial charge >= 0.3 is 6.18 Å². The highest BCUT2D eigenvalue weighted by molar-refractivity contribution is 5.79. The highest BCUT2D eigenvalue weighted by atomic mass is 19.4. The standard InChI is InChI=1S/C31H43F3O3/c1-19(28(31(32,33)34)37-18-20-5-8-23(36-4)9-6-20)25-11-12-26-24-10-7-21-17-22(35)13-15-29(21,2)27(24)14-16-30(25,26)3/h5-6,8-9,19,21,24-28H,7,10-18H2,1-4H3/t19-,21+,24-,25+,26-,27-,28?,29-,30+/m0/s1. The second-order valence-electron chi connectivity index (χ2n) is 13.1. The predicted molar refractivity (Wildman–Crippen MR) is 137 cm³/mol. The number of Topliss-reactive ketones (excluding diaryl/α,β-unsaturated/α-hetero) is 1. The molecule has 4 aliphatic carbocycles. The van der Waals surface area contributed by atoms with E-state index in [2.05, 4.69) is 13.8 Å². The smallest absolute Gasteiger partial charge is 0.414 e. The molecule has 206 valence electrons. The molecule has 0 bridgehead atoms. The van der Waals surface area contributed by atoms with E-state index < -0.39 is 18.2 Å². The average Bonchev–Trinajstić information content (AvgIpc) is 3.21. The first-order chi connectivity index (χ1) is 17.5. The van der Waals surface area contributed by atoms with Gasteiger partial charge in [-0.05, 0) is 109 Å². The monoisotopic (exact) mass is 520 g/mol. The summed E-state index contributed by atoms with van der Waals surface area (Å²) in [5, 5.41) is 0. The molecule has 1 unspecified atom stereocenters. The summed E-state index contributed by atoms with van der Waals surface area (Å²) in [7, 11) is 1.57. The summed E-state index contributed by atoms with van der Waals surface area (Å²) in [5.74, 6) is 2.66. The van der Waals surface area contributed by atoms with Crippen molar-refractivity contribution in [2.45, 2.75) is 97.4 Å². The van der Waals surface area contributed by atoms with E-state index in [-0.39, 0.29) is 23.4 Å².